The van der Waals surface area contributed by atoms with E-state index in [9.17, 15) is 17.9 Å². The number of nitrogen functional groups attached to an aromatic ring is 1. The summed E-state index contributed by atoms with van der Waals surface area (Å²) in [4.78, 5) is -0.540. The second kappa shape index (κ2) is 4.56. The average molecular weight is 296 g/mol. The molecule has 1 aromatic carbocycles. The van der Waals surface area contributed by atoms with Gasteiger partial charge in [-0.2, -0.15) is 0 Å². The van der Waals surface area contributed by atoms with Gasteiger partial charge in [-0.25, -0.2) is 12.8 Å². The molecule has 0 radical (unpaired) electrons. The third-order valence-corrected chi connectivity index (χ3v) is 5.40. The smallest absolute Gasteiger partial charge is 0.191 e. The van der Waals surface area contributed by atoms with Gasteiger partial charge >= 0.3 is 0 Å². The van der Waals surface area contributed by atoms with E-state index in [0.29, 0.717) is 0 Å². The SMILES string of the molecule is Nc1ccc(Cl)c(S(=O)(=O)[C@@H]2COC[C@H]2F)c1O. The van der Waals surface area contributed by atoms with Gasteiger partial charge in [0, 0.05) is 0 Å². The lowest BCUT2D eigenvalue weighted by atomic mass is 10.3. The fraction of sp³-hybridized carbons (Fsp3) is 0.400. The van der Waals surface area contributed by atoms with Crippen LogP contribution in [0.3, 0.4) is 0 Å². The van der Waals surface area contributed by atoms with Crippen LogP contribution in [0.5, 0.6) is 5.75 Å². The number of phenols is 1. The maximum absolute atomic E-state index is 13.5. The lowest BCUT2D eigenvalue weighted by molar-refractivity contribution is 0.173. The molecule has 1 aliphatic rings. The molecule has 18 heavy (non-hydrogen) atoms. The second-order valence-electron chi connectivity index (χ2n) is 3.95. The summed E-state index contributed by atoms with van der Waals surface area (Å²) in [5.74, 6) is -0.651. The molecule has 1 saturated heterocycles. The molecule has 0 bridgehead atoms. The number of hydrogen-bond donors (Lipinski definition) is 2. The van der Waals surface area contributed by atoms with Crippen LogP contribution in [0, 0.1) is 0 Å². The van der Waals surface area contributed by atoms with Crippen LogP contribution in [0.1, 0.15) is 0 Å². The molecule has 5 nitrogen and oxygen atoms in total. The highest BCUT2D eigenvalue weighted by Gasteiger charge is 2.42. The summed E-state index contributed by atoms with van der Waals surface area (Å²) >= 11 is 5.75. The normalized spacial score (nSPS) is 24.3. The Bertz CT molecular complexity index is 577. The van der Waals surface area contributed by atoms with E-state index < -0.39 is 31.9 Å². The van der Waals surface area contributed by atoms with Crippen LogP contribution in [0.2, 0.25) is 5.02 Å². The molecule has 2 rings (SSSR count). The zero-order valence-corrected chi connectivity index (χ0v) is 10.7. The molecular formula is C10H11ClFNO4S. The number of nitrogens with two attached hydrogens (primary N) is 1. The molecule has 1 fully saturated rings. The standard InChI is InChI=1S/C10H11ClFNO4S/c11-5-1-2-7(13)9(14)10(5)18(15,16)8-4-17-3-6(8)12/h1-2,6,8,14H,3-4,13H2/t6-,8-/m1/s1. The van der Waals surface area contributed by atoms with E-state index in [-0.39, 0.29) is 23.9 Å². The van der Waals surface area contributed by atoms with Gasteiger partial charge in [0.1, 0.15) is 16.3 Å². The second-order valence-corrected chi connectivity index (χ2v) is 6.46. The number of hydrogen-bond acceptors (Lipinski definition) is 5. The van der Waals surface area contributed by atoms with Crippen molar-refractivity contribution >= 4 is 27.1 Å². The Kier molecular flexibility index (Phi) is 3.39. The summed E-state index contributed by atoms with van der Waals surface area (Å²) in [6, 6.07) is 2.52. The van der Waals surface area contributed by atoms with E-state index in [2.05, 4.69) is 0 Å². The van der Waals surface area contributed by atoms with Crippen LogP contribution < -0.4 is 5.73 Å². The van der Waals surface area contributed by atoms with Crippen LogP contribution in [0.4, 0.5) is 10.1 Å². The predicted octanol–water partition coefficient (Wildman–Crippen LogP) is 1.14. The summed E-state index contributed by atoms with van der Waals surface area (Å²) in [5, 5.41) is 8.14. The van der Waals surface area contributed by atoms with Crippen molar-refractivity contribution in [1.29, 1.82) is 0 Å². The first-order chi connectivity index (χ1) is 8.35. The van der Waals surface area contributed by atoms with Crippen LogP contribution in [0.15, 0.2) is 17.0 Å². The minimum atomic E-state index is -4.13. The molecule has 3 N–H and O–H groups in total. The number of anilines is 1. The van der Waals surface area contributed by atoms with Crippen molar-refractivity contribution in [3.05, 3.63) is 17.2 Å². The van der Waals surface area contributed by atoms with Crippen molar-refractivity contribution in [2.24, 2.45) is 0 Å². The van der Waals surface area contributed by atoms with Crippen molar-refractivity contribution in [3.63, 3.8) is 0 Å². The summed E-state index contributed by atoms with van der Waals surface area (Å²) in [6.45, 7) is -0.557. The van der Waals surface area contributed by atoms with Crippen molar-refractivity contribution in [2.45, 2.75) is 16.3 Å². The molecule has 0 aliphatic carbocycles. The number of aromatic hydroxyl groups is 1. The topological polar surface area (TPSA) is 89.6 Å². The Labute approximate surface area is 108 Å². The average Bonchev–Trinajstić information content (AvgIpc) is 2.71. The van der Waals surface area contributed by atoms with Gasteiger partial charge in [-0.1, -0.05) is 11.6 Å². The zero-order valence-electron chi connectivity index (χ0n) is 9.14. The van der Waals surface area contributed by atoms with E-state index in [1.807, 2.05) is 0 Å². The molecule has 0 aromatic heterocycles. The lowest BCUT2D eigenvalue weighted by Crippen LogP contribution is -2.30. The number of phenolic OH excluding ortho intramolecular Hbond substituents is 1. The van der Waals surface area contributed by atoms with Gasteiger partial charge in [0.25, 0.3) is 0 Å². The third-order valence-electron chi connectivity index (χ3n) is 2.76. The Hall–Kier alpha value is -1.05. The molecule has 0 saturated carbocycles. The summed E-state index contributed by atoms with van der Waals surface area (Å²) in [5.41, 5.74) is 5.29. The number of ether oxygens (including phenoxy) is 1. The Morgan fingerprint density at radius 2 is 2.11 bits per heavy atom. The molecule has 100 valence electrons. The van der Waals surface area contributed by atoms with E-state index >= 15 is 0 Å². The van der Waals surface area contributed by atoms with Gasteiger partial charge in [0.05, 0.1) is 23.9 Å². The first-order valence-electron chi connectivity index (χ1n) is 5.08. The number of rotatable bonds is 2. The quantitative estimate of drug-likeness (QED) is 0.631. The van der Waals surface area contributed by atoms with Crippen molar-refractivity contribution in [2.75, 3.05) is 18.9 Å². The molecule has 0 unspecified atom stereocenters. The monoisotopic (exact) mass is 295 g/mol. The van der Waals surface area contributed by atoms with E-state index in [1.54, 1.807) is 0 Å². The predicted molar refractivity (Wildman–Crippen MR) is 64.2 cm³/mol. The molecule has 1 aromatic rings. The van der Waals surface area contributed by atoms with Gasteiger partial charge in [0.15, 0.2) is 15.6 Å². The highest BCUT2D eigenvalue weighted by atomic mass is 35.5. The minimum absolute atomic E-state index is 0.132. The Balaban J connectivity index is 2.58. The van der Waals surface area contributed by atoms with Crippen LogP contribution >= 0.6 is 11.6 Å². The number of sulfone groups is 1. The van der Waals surface area contributed by atoms with Gasteiger partial charge in [-0.3, -0.25) is 0 Å². The van der Waals surface area contributed by atoms with Crippen LogP contribution in [0.25, 0.3) is 0 Å². The highest BCUT2D eigenvalue weighted by molar-refractivity contribution is 7.92. The van der Waals surface area contributed by atoms with Crippen molar-refractivity contribution in [1.82, 2.24) is 0 Å². The maximum atomic E-state index is 13.5. The molecular weight excluding hydrogens is 285 g/mol. The van der Waals surface area contributed by atoms with Crippen molar-refractivity contribution in [3.8, 4) is 5.75 Å². The number of halogens is 2. The molecule has 1 heterocycles. The van der Waals surface area contributed by atoms with Gasteiger partial charge in [0.2, 0.25) is 0 Å². The van der Waals surface area contributed by atoms with Crippen LogP contribution in [-0.4, -0.2) is 38.2 Å². The third kappa shape index (κ3) is 2.02. The fourth-order valence-electron chi connectivity index (χ4n) is 1.78. The Morgan fingerprint density at radius 1 is 1.44 bits per heavy atom. The first kappa shape index (κ1) is 13.4. The Morgan fingerprint density at radius 3 is 2.67 bits per heavy atom. The van der Waals surface area contributed by atoms with E-state index in [4.69, 9.17) is 22.1 Å². The summed E-state index contributed by atoms with van der Waals surface area (Å²) in [7, 11) is -4.13. The zero-order chi connectivity index (χ0) is 13.5. The largest absolute Gasteiger partial charge is 0.504 e. The molecule has 0 spiro atoms. The number of benzene rings is 1. The first-order valence-corrected chi connectivity index (χ1v) is 7.00. The highest BCUT2D eigenvalue weighted by Crippen LogP contribution is 2.38. The number of alkyl halides is 1. The van der Waals surface area contributed by atoms with Gasteiger partial charge in [-0.05, 0) is 12.1 Å². The summed E-state index contributed by atoms with van der Waals surface area (Å²) < 4.78 is 42.7. The van der Waals surface area contributed by atoms with E-state index in [0.717, 1.165) is 0 Å². The maximum Gasteiger partial charge on any atom is 0.191 e. The van der Waals surface area contributed by atoms with Gasteiger partial charge < -0.3 is 15.6 Å². The molecule has 8 heteroatoms. The van der Waals surface area contributed by atoms with Crippen molar-refractivity contribution < 1.29 is 22.7 Å². The molecule has 2 atom stereocenters. The lowest BCUT2D eigenvalue weighted by Gasteiger charge is -2.15. The summed E-state index contributed by atoms with van der Waals surface area (Å²) in [6.07, 6.45) is -1.65. The minimum Gasteiger partial charge on any atom is -0.504 e. The fourth-order valence-corrected chi connectivity index (χ4v) is 4.02. The van der Waals surface area contributed by atoms with Crippen LogP contribution in [-0.2, 0) is 14.6 Å². The van der Waals surface area contributed by atoms with E-state index in [1.165, 1.54) is 12.1 Å². The molecule has 1 aliphatic heterocycles. The molecule has 0 amide bonds. The van der Waals surface area contributed by atoms with Gasteiger partial charge in [-0.15, -0.1) is 0 Å².